The third kappa shape index (κ3) is 2.11. The van der Waals surface area contributed by atoms with Crippen LogP contribution in [0.2, 0.25) is 0 Å². The van der Waals surface area contributed by atoms with E-state index in [2.05, 4.69) is 0 Å². The Morgan fingerprint density at radius 3 is 1.92 bits per heavy atom. The molecule has 0 aliphatic heterocycles. The molecule has 74 valence electrons. The summed E-state index contributed by atoms with van der Waals surface area (Å²) in [5, 5.41) is 19.5. The molecule has 1 heterocycles. The topological polar surface area (TPSA) is 53.6 Å². The van der Waals surface area contributed by atoms with Gasteiger partial charge in [0.05, 0.1) is 11.9 Å². The molecule has 3 nitrogen and oxygen atoms in total. The van der Waals surface area contributed by atoms with E-state index in [4.69, 9.17) is 4.42 Å². The predicted molar refractivity (Wildman–Crippen MR) is 49.2 cm³/mol. The standard InChI is InChI=1S/C10H16O3/c1-9(2,11)7-5-6-13-8(7)10(3,4)12/h5-6,11-12H,1-4H3. The van der Waals surface area contributed by atoms with Crippen molar-refractivity contribution in [2.45, 2.75) is 38.9 Å². The van der Waals surface area contributed by atoms with Crippen molar-refractivity contribution in [2.24, 2.45) is 0 Å². The molecule has 1 rings (SSSR count). The maximum absolute atomic E-state index is 9.75. The fourth-order valence-electron chi connectivity index (χ4n) is 1.26. The van der Waals surface area contributed by atoms with E-state index >= 15 is 0 Å². The Kier molecular flexibility index (Phi) is 2.26. The lowest BCUT2D eigenvalue weighted by molar-refractivity contribution is 0.0347. The van der Waals surface area contributed by atoms with Crippen LogP contribution in [0.25, 0.3) is 0 Å². The molecule has 0 saturated heterocycles. The normalized spacial score (nSPS) is 13.4. The quantitative estimate of drug-likeness (QED) is 0.736. The van der Waals surface area contributed by atoms with Gasteiger partial charge in [-0.1, -0.05) is 0 Å². The molecule has 1 aromatic heterocycles. The third-order valence-electron chi connectivity index (χ3n) is 1.88. The maximum atomic E-state index is 9.75. The fourth-order valence-corrected chi connectivity index (χ4v) is 1.26. The molecule has 0 fully saturated rings. The SMILES string of the molecule is CC(C)(O)c1ccoc1C(C)(C)O. The number of hydrogen-bond donors (Lipinski definition) is 2. The van der Waals surface area contributed by atoms with Gasteiger partial charge in [0, 0.05) is 5.56 Å². The van der Waals surface area contributed by atoms with Gasteiger partial charge in [0.25, 0.3) is 0 Å². The van der Waals surface area contributed by atoms with E-state index in [9.17, 15) is 10.2 Å². The molecule has 0 aliphatic carbocycles. The van der Waals surface area contributed by atoms with Gasteiger partial charge in [-0.15, -0.1) is 0 Å². The molecule has 0 saturated carbocycles. The number of furan rings is 1. The lowest BCUT2D eigenvalue weighted by Gasteiger charge is -2.22. The first-order valence-corrected chi connectivity index (χ1v) is 4.26. The van der Waals surface area contributed by atoms with Crippen LogP contribution >= 0.6 is 0 Å². The van der Waals surface area contributed by atoms with Crippen LogP contribution in [-0.2, 0) is 11.2 Å². The molecule has 3 heteroatoms. The van der Waals surface area contributed by atoms with Crippen molar-refractivity contribution >= 4 is 0 Å². The van der Waals surface area contributed by atoms with Gasteiger partial charge in [-0.25, -0.2) is 0 Å². The van der Waals surface area contributed by atoms with Gasteiger partial charge < -0.3 is 14.6 Å². The monoisotopic (exact) mass is 184 g/mol. The van der Waals surface area contributed by atoms with Crippen molar-refractivity contribution in [3.05, 3.63) is 23.7 Å². The first kappa shape index (κ1) is 10.3. The van der Waals surface area contributed by atoms with Crippen LogP contribution in [0.5, 0.6) is 0 Å². The van der Waals surface area contributed by atoms with Crippen LogP contribution in [0, 0.1) is 0 Å². The highest BCUT2D eigenvalue weighted by Crippen LogP contribution is 2.31. The molecule has 1 aromatic rings. The van der Waals surface area contributed by atoms with Crippen LogP contribution in [0.3, 0.4) is 0 Å². The Bertz CT molecular complexity index is 257. The van der Waals surface area contributed by atoms with E-state index in [1.54, 1.807) is 33.8 Å². The van der Waals surface area contributed by atoms with Gasteiger partial charge >= 0.3 is 0 Å². The molecule has 0 radical (unpaired) electrons. The molecule has 0 aliphatic rings. The summed E-state index contributed by atoms with van der Waals surface area (Å²) in [6, 6.07) is 1.67. The molecule has 0 atom stereocenters. The first-order valence-electron chi connectivity index (χ1n) is 4.26. The van der Waals surface area contributed by atoms with Crippen molar-refractivity contribution in [2.75, 3.05) is 0 Å². The number of hydrogen-bond acceptors (Lipinski definition) is 3. The lowest BCUT2D eigenvalue weighted by atomic mass is 9.92. The largest absolute Gasteiger partial charge is 0.466 e. The van der Waals surface area contributed by atoms with Crippen LogP contribution in [-0.4, -0.2) is 10.2 Å². The van der Waals surface area contributed by atoms with E-state index in [1.807, 2.05) is 0 Å². The van der Waals surface area contributed by atoms with Crippen molar-refractivity contribution in [3.8, 4) is 0 Å². The molecule has 2 N–H and O–H groups in total. The minimum atomic E-state index is -1.06. The summed E-state index contributed by atoms with van der Waals surface area (Å²) in [6.45, 7) is 6.57. The van der Waals surface area contributed by atoms with Crippen LogP contribution in [0.4, 0.5) is 0 Å². The maximum Gasteiger partial charge on any atom is 0.140 e. The summed E-state index contributed by atoms with van der Waals surface area (Å²) >= 11 is 0. The van der Waals surface area contributed by atoms with E-state index < -0.39 is 11.2 Å². The minimum Gasteiger partial charge on any atom is -0.466 e. The van der Waals surface area contributed by atoms with Gasteiger partial charge in [-0.3, -0.25) is 0 Å². The predicted octanol–water partition coefficient (Wildman–Crippen LogP) is 1.73. The molecule has 0 amide bonds. The van der Waals surface area contributed by atoms with E-state index in [0.29, 0.717) is 11.3 Å². The van der Waals surface area contributed by atoms with Crippen LogP contribution in [0.1, 0.15) is 39.0 Å². The van der Waals surface area contributed by atoms with E-state index in [1.165, 1.54) is 6.26 Å². The molecule has 0 aromatic carbocycles. The third-order valence-corrected chi connectivity index (χ3v) is 1.88. The zero-order valence-corrected chi connectivity index (χ0v) is 8.46. The molecular formula is C10H16O3. The number of aliphatic hydroxyl groups is 2. The first-order chi connectivity index (χ1) is 5.73. The van der Waals surface area contributed by atoms with Gasteiger partial charge in [0.15, 0.2) is 0 Å². The highest BCUT2D eigenvalue weighted by Gasteiger charge is 2.30. The second-order valence-electron chi connectivity index (χ2n) is 4.28. The highest BCUT2D eigenvalue weighted by molar-refractivity contribution is 5.26. The second-order valence-corrected chi connectivity index (χ2v) is 4.28. The zero-order valence-electron chi connectivity index (χ0n) is 8.46. The average Bonchev–Trinajstić information content (AvgIpc) is 2.27. The molecular weight excluding hydrogens is 168 g/mol. The molecule has 0 bridgehead atoms. The lowest BCUT2D eigenvalue weighted by Crippen LogP contribution is -2.23. The zero-order chi connectivity index (χ0) is 10.3. The summed E-state index contributed by atoms with van der Waals surface area (Å²) in [6.07, 6.45) is 1.47. The van der Waals surface area contributed by atoms with Gasteiger partial charge in [-0.2, -0.15) is 0 Å². The summed E-state index contributed by atoms with van der Waals surface area (Å²) in [5.41, 5.74) is -1.42. The summed E-state index contributed by atoms with van der Waals surface area (Å²) in [4.78, 5) is 0. The van der Waals surface area contributed by atoms with Gasteiger partial charge in [-0.05, 0) is 33.8 Å². The molecule has 0 spiro atoms. The highest BCUT2D eigenvalue weighted by atomic mass is 16.4. The fraction of sp³-hybridized carbons (Fsp3) is 0.600. The van der Waals surface area contributed by atoms with Gasteiger partial charge in [0.1, 0.15) is 11.4 Å². The van der Waals surface area contributed by atoms with Crippen molar-refractivity contribution in [1.82, 2.24) is 0 Å². The van der Waals surface area contributed by atoms with E-state index in [0.717, 1.165) is 0 Å². The van der Waals surface area contributed by atoms with Crippen molar-refractivity contribution in [1.29, 1.82) is 0 Å². The average molecular weight is 184 g/mol. The molecule has 13 heavy (non-hydrogen) atoms. The van der Waals surface area contributed by atoms with Crippen molar-refractivity contribution in [3.63, 3.8) is 0 Å². The van der Waals surface area contributed by atoms with Crippen molar-refractivity contribution < 1.29 is 14.6 Å². The van der Waals surface area contributed by atoms with E-state index in [-0.39, 0.29) is 0 Å². The van der Waals surface area contributed by atoms with Gasteiger partial charge in [0.2, 0.25) is 0 Å². The Hall–Kier alpha value is -0.800. The Morgan fingerprint density at radius 2 is 1.62 bits per heavy atom. The molecule has 0 unspecified atom stereocenters. The summed E-state index contributed by atoms with van der Waals surface area (Å²) in [7, 11) is 0. The summed E-state index contributed by atoms with van der Waals surface area (Å²) in [5.74, 6) is 0.417. The summed E-state index contributed by atoms with van der Waals surface area (Å²) < 4.78 is 5.15. The van der Waals surface area contributed by atoms with Crippen LogP contribution in [0.15, 0.2) is 16.7 Å². The minimum absolute atomic E-state index is 0.417. The Labute approximate surface area is 78.0 Å². The Balaban J connectivity index is 3.19. The van der Waals surface area contributed by atoms with Crippen LogP contribution < -0.4 is 0 Å². The Morgan fingerprint density at radius 1 is 1.08 bits per heavy atom. The number of rotatable bonds is 2. The smallest absolute Gasteiger partial charge is 0.140 e. The second kappa shape index (κ2) is 2.86.